The number of nitrogens with zero attached hydrogens (tertiary/aromatic N) is 2. The van der Waals surface area contributed by atoms with Crippen molar-refractivity contribution >= 4 is 34.3 Å². The summed E-state index contributed by atoms with van der Waals surface area (Å²) in [5.74, 6) is 0.0946. The Morgan fingerprint density at radius 2 is 1.80 bits per heavy atom. The fraction of sp³-hybridized carbons (Fsp3) is 0.375. The lowest BCUT2D eigenvalue weighted by molar-refractivity contribution is -0.113. The summed E-state index contributed by atoms with van der Waals surface area (Å²) in [6.45, 7) is 6.80. The lowest BCUT2D eigenvalue weighted by Gasteiger charge is -2.13. The fourth-order valence-corrected chi connectivity index (χ4v) is 4.35. The van der Waals surface area contributed by atoms with Crippen LogP contribution in [0.15, 0.2) is 52.4 Å². The third-order valence-corrected chi connectivity index (χ3v) is 5.88. The Balaban J connectivity index is 1.77. The molecule has 1 N–H and O–H groups in total. The molecular formula is C24H29N3O2S. The van der Waals surface area contributed by atoms with Crippen LogP contribution >= 0.6 is 11.8 Å². The van der Waals surface area contributed by atoms with Crippen LogP contribution in [0.3, 0.4) is 0 Å². The summed E-state index contributed by atoms with van der Waals surface area (Å²) in [5.41, 5.74) is 3.64. The Labute approximate surface area is 181 Å². The number of anilines is 1. The van der Waals surface area contributed by atoms with E-state index in [2.05, 4.69) is 23.3 Å². The molecule has 158 valence electrons. The van der Waals surface area contributed by atoms with Gasteiger partial charge in [-0.05, 0) is 55.7 Å². The van der Waals surface area contributed by atoms with E-state index in [1.54, 1.807) is 4.57 Å². The van der Waals surface area contributed by atoms with Crippen molar-refractivity contribution in [3.8, 4) is 0 Å². The number of hydrogen-bond acceptors (Lipinski definition) is 4. The van der Waals surface area contributed by atoms with Crippen molar-refractivity contribution in [1.29, 1.82) is 0 Å². The standard InChI is InChI=1S/C24H29N3O2S/c1-4-5-6-9-12-27-23(29)20-10-7-8-11-21(20)26-24(27)30-16-22(28)25-19-14-17(2)13-18(3)15-19/h7-8,10-11,13-15H,4-6,9,12,16H2,1-3H3,(H,25,28). The lowest BCUT2D eigenvalue weighted by atomic mass is 10.1. The van der Waals surface area contributed by atoms with Crippen LogP contribution in [-0.2, 0) is 11.3 Å². The molecule has 0 spiro atoms. The van der Waals surface area contributed by atoms with Gasteiger partial charge in [0.2, 0.25) is 5.91 Å². The molecule has 0 saturated heterocycles. The number of rotatable bonds is 9. The Kier molecular flexibility index (Phi) is 7.69. The van der Waals surface area contributed by atoms with Gasteiger partial charge in [0.1, 0.15) is 0 Å². The predicted octanol–water partition coefficient (Wildman–Crippen LogP) is 5.32. The monoisotopic (exact) mass is 423 g/mol. The fourth-order valence-electron chi connectivity index (χ4n) is 3.53. The maximum Gasteiger partial charge on any atom is 0.262 e. The molecule has 0 radical (unpaired) electrons. The third kappa shape index (κ3) is 5.72. The Bertz CT molecular complexity index is 1070. The zero-order valence-electron chi connectivity index (χ0n) is 17.9. The molecule has 2 aromatic carbocycles. The van der Waals surface area contributed by atoms with E-state index in [0.29, 0.717) is 22.6 Å². The smallest absolute Gasteiger partial charge is 0.262 e. The molecule has 6 heteroatoms. The molecule has 0 aliphatic heterocycles. The average molecular weight is 424 g/mol. The zero-order valence-corrected chi connectivity index (χ0v) is 18.7. The topological polar surface area (TPSA) is 64.0 Å². The van der Waals surface area contributed by atoms with Crippen LogP contribution in [-0.4, -0.2) is 21.2 Å². The first-order chi connectivity index (χ1) is 14.5. The highest BCUT2D eigenvalue weighted by Gasteiger charge is 2.13. The number of fused-ring (bicyclic) bond motifs is 1. The van der Waals surface area contributed by atoms with Crippen molar-refractivity contribution in [1.82, 2.24) is 9.55 Å². The first-order valence-corrected chi connectivity index (χ1v) is 11.5. The van der Waals surface area contributed by atoms with Crippen LogP contribution in [0.25, 0.3) is 10.9 Å². The highest BCUT2D eigenvalue weighted by Crippen LogP contribution is 2.20. The second-order valence-electron chi connectivity index (χ2n) is 7.64. The largest absolute Gasteiger partial charge is 0.325 e. The molecule has 3 aromatic rings. The summed E-state index contributed by atoms with van der Waals surface area (Å²) >= 11 is 1.32. The molecule has 5 nitrogen and oxygen atoms in total. The van der Waals surface area contributed by atoms with E-state index < -0.39 is 0 Å². The summed E-state index contributed by atoms with van der Waals surface area (Å²) < 4.78 is 1.73. The van der Waals surface area contributed by atoms with Gasteiger partial charge in [-0.15, -0.1) is 0 Å². The molecule has 0 aliphatic carbocycles. The van der Waals surface area contributed by atoms with Gasteiger partial charge in [0, 0.05) is 12.2 Å². The van der Waals surface area contributed by atoms with Gasteiger partial charge in [-0.2, -0.15) is 0 Å². The third-order valence-electron chi connectivity index (χ3n) is 4.90. The van der Waals surface area contributed by atoms with E-state index in [-0.39, 0.29) is 17.2 Å². The molecule has 3 rings (SSSR count). The van der Waals surface area contributed by atoms with Crippen LogP contribution in [0.2, 0.25) is 0 Å². The number of aromatic nitrogens is 2. The van der Waals surface area contributed by atoms with Crippen molar-refractivity contribution in [2.75, 3.05) is 11.1 Å². The van der Waals surface area contributed by atoms with E-state index in [9.17, 15) is 9.59 Å². The Morgan fingerprint density at radius 1 is 1.07 bits per heavy atom. The number of benzene rings is 2. The summed E-state index contributed by atoms with van der Waals surface area (Å²) in [4.78, 5) is 30.2. The van der Waals surface area contributed by atoms with Gasteiger partial charge in [-0.25, -0.2) is 4.98 Å². The lowest BCUT2D eigenvalue weighted by Crippen LogP contribution is -2.24. The Hall–Kier alpha value is -2.60. The van der Waals surface area contributed by atoms with Gasteiger partial charge < -0.3 is 5.32 Å². The summed E-state index contributed by atoms with van der Waals surface area (Å²) in [7, 11) is 0. The Morgan fingerprint density at radius 3 is 2.53 bits per heavy atom. The number of para-hydroxylation sites is 1. The molecule has 0 saturated carbocycles. The first-order valence-electron chi connectivity index (χ1n) is 10.5. The van der Waals surface area contributed by atoms with Crippen LogP contribution < -0.4 is 10.9 Å². The van der Waals surface area contributed by atoms with Gasteiger partial charge in [-0.1, -0.05) is 56.1 Å². The number of carbonyl (C=O) groups is 1. The second-order valence-corrected chi connectivity index (χ2v) is 8.58. The molecule has 0 bridgehead atoms. The van der Waals surface area contributed by atoms with Gasteiger partial charge >= 0.3 is 0 Å². The normalized spacial score (nSPS) is 11.0. The predicted molar refractivity (Wildman–Crippen MR) is 125 cm³/mol. The molecule has 0 atom stereocenters. The van der Waals surface area contributed by atoms with E-state index in [1.165, 1.54) is 11.8 Å². The van der Waals surface area contributed by atoms with Crippen molar-refractivity contribution in [3.63, 3.8) is 0 Å². The quantitative estimate of drug-likeness (QED) is 0.287. The van der Waals surface area contributed by atoms with Crippen LogP contribution in [0.5, 0.6) is 0 Å². The molecular weight excluding hydrogens is 394 g/mol. The number of aryl methyl sites for hydroxylation is 2. The van der Waals surface area contributed by atoms with Gasteiger partial charge in [-0.3, -0.25) is 14.2 Å². The van der Waals surface area contributed by atoms with E-state index in [1.807, 2.05) is 50.2 Å². The minimum atomic E-state index is -0.107. The van der Waals surface area contributed by atoms with Gasteiger partial charge in [0.05, 0.1) is 16.7 Å². The second kappa shape index (κ2) is 10.4. The van der Waals surface area contributed by atoms with Gasteiger partial charge in [0.15, 0.2) is 5.16 Å². The highest BCUT2D eigenvalue weighted by atomic mass is 32.2. The van der Waals surface area contributed by atoms with Crippen molar-refractivity contribution < 1.29 is 4.79 Å². The molecule has 0 fully saturated rings. The average Bonchev–Trinajstić information content (AvgIpc) is 2.70. The number of thioether (sulfide) groups is 1. The van der Waals surface area contributed by atoms with Crippen LogP contribution in [0.4, 0.5) is 5.69 Å². The molecule has 1 heterocycles. The van der Waals surface area contributed by atoms with Gasteiger partial charge in [0.25, 0.3) is 5.56 Å². The van der Waals surface area contributed by atoms with Crippen molar-refractivity contribution in [3.05, 3.63) is 63.9 Å². The summed E-state index contributed by atoms with van der Waals surface area (Å²) in [5, 5.41) is 4.17. The van der Waals surface area contributed by atoms with Crippen molar-refractivity contribution in [2.24, 2.45) is 0 Å². The number of hydrogen-bond donors (Lipinski definition) is 1. The number of unbranched alkanes of at least 4 members (excludes halogenated alkanes) is 3. The maximum atomic E-state index is 13.0. The van der Waals surface area contributed by atoms with E-state index >= 15 is 0 Å². The maximum absolute atomic E-state index is 13.0. The number of amides is 1. The van der Waals surface area contributed by atoms with Crippen LogP contribution in [0, 0.1) is 13.8 Å². The molecule has 1 aromatic heterocycles. The minimum absolute atomic E-state index is 0.0330. The molecule has 0 aliphatic rings. The van der Waals surface area contributed by atoms with E-state index in [4.69, 9.17) is 0 Å². The van der Waals surface area contributed by atoms with Crippen LogP contribution in [0.1, 0.15) is 43.7 Å². The van der Waals surface area contributed by atoms with E-state index in [0.717, 1.165) is 42.5 Å². The number of nitrogens with one attached hydrogen (secondary N) is 1. The minimum Gasteiger partial charge on any atom is -0.325 e. The zero-order chi connectivity index (χ0) is 21.5. The number of carbonyl (C=O) groups excluding carboxylic acids is 1. The molecule has 30 heavy (non-hydrogen) atoms. The SMILES string of the molecule is CCCCCCn1c(SCC(=O)Nc2cc(C)cc(C)c2)nc2ccccc2c1=O. The molecule has 1 amide bonds. The molecule has 0 unspecified atom stereocenters. The summed E-state index contributed by atoms with van der Waals surface area (Å²) in [6.07, 6.45) is 4.30. The highest BCUT2D eigenvalue weighted by molar-refractivity contribution is 7.99. The first kappa shape index (κ1) is 22.1. The summed E-state index contributed by atoms with van der Waals surface area (Å²) in [6, 6.07) is 13.4. The van der Waals surface area contributed by atoms with Crippen molar-refractivity contribution in [2.45, 2.75) is 58.2 Å².